The van der Waals surface area contributed by atoms with E-state index in [1.165, 1.54) is 32.1 Å². The fourth-order valence-corrected chi connectivity index (χ4v) is 2.28. The van der Waals surface area contributed by atoms with E-state index in [4.69, 9.17) is 4.74 Å². The zero-order valence-electron chi connectivity index (χ0n) is 11.8. The molecule has 1 fully saturated rings. The third kappa shape index (κ3) is 6.84. The maximum Gasteiger partial charge on any atom is 0.407 e. The summed E-state index contributed by atoms with van der Waals surface area (Å²) < 4.78 is 5.32. The van der Waals surface area contributed by atoms with Gasteiger partial charge < -0.3 is 15.4 Å². The summed E-state index contributed by atoms with van der Waals surface area (Å²) in [6.45, 7) is 5.82. The van der Waals surface area contributed by atoms with Gasteiger partial charge in [0.25, 0.3) is 0 Å². The summed E-state index contributed by atoms with van der Waals surface area (Å²) in [4.78, 5) is 11.6. The Hall–Kier alpha value is -0.770. The second-order valence-electron chi connectivity index (χ2n) is 5.25. The van der Waals surface area contributed by atoms with E-state index in [1.54, 1.807) is 0 Å². The highest BCUT2D eigenvalue weighted by molar-refractivity contribution is 5.67. The van der Waals surface area contributed by atoms with Crippen molar-refractivity contribution in [3.63, 3.8) is 0 Å². The average molecular weight is 256 g/mol. The average Bonchev–Trinajstić information content (AvgIpc) is 2.35. The quantitative estimate of drug-likeness (QED) is 0.689. The van der Waals surface area contributed by atoms with Crippen molar-refractivity contribution in [3.05, 3.63) is 0 Å². The molecule has 0 bridgehead atoms. The van der Waals surface area contributed by atoms with Crippen LogP contribution in [-0.4, -0.2) is 31.3 Å². The molecule has 0 radical (unpaired) electrons. The number of amides is 1. The molecule has 1 amide bonds. The standard InChI is InChI=1S/C14H28N2O2/c1-3-4-10-15-11-12(2)18-14(17)16-13-8-6-5-7-9-13/h12-13,15H,3-11H2,1-2H3,(H,16,17). The van der Waals surface area contributed by atoms with Gasteiger partial charge in [0.2, 0.25) is 0 Å². The van der Waals surface area contributed by atoms with Crippen molar-refractivity contribution in [3.8, 4) is 0 Å². The molecule has 1 atom stereocenters. The second kappa shape index (κ2) is 9.20. The predicted molar refractivity (Wildman–Crippen MR) is 73.7 cm³/mol. The van der Waals surface area contributed by atoms with Crippen LogP contribution in [0, 0.1) is 0 Å². The minimum Gasteiger partial charge on any atom is -0.445 e. The number of rotatable bonds is 7. The molecular weight excluding hydrogens is 228 g/mol. The van der Waals surface area contributed by atoms with Gasteiger partial charge in [-0.3, -0.25) is 0 Å². The first-order chi connectivity index (χ1) is 8.72. The van der Waals surface area contributed by atoms with E-state index in [1.807, 2.05) is 6.92 Å². The van der Waals surface area contributed by atoms with Crippen molar-refractivity contribution in [2.45, 2.75) is 70.9 Å². The van der Waals surface area contributed by atoms with Crippen LogP contribution >= 0.6 is 0 Å². The molecule has 0 heterocycles. The summed E-state index contributed by atoms with van der Waals surface area (Å²) in [7, 11) is 0. The summed E-state index contributed by atoms with van der Waals surface area (Å²) in [5, 5.41) is 6.25. The molecule has 1 rings (SSSR count). The molecule has 1 aliphatic carbocycles. The highest BCUT2D eigenvalue weighted by Crippen LogP contribution is 2.17. The Labute approximate surface area is 111 Å². The van der Waals surface area contributed by atoms with Gasteiger partial charge >= 0.3 is 6.09 Å². The monoisotopic (exact) mass is 256 g/mol. The molecule has 0 aromatic carbocycles. The Morgan fingerprint density at radius 3 is 2.72 bits per heavy atom. The van der Waals surface area contributed by atoms with Crippen LogP contribution < -0.4 is 10.6 Å². The highest BCUT2D eigenvalue weighted by atomic mass is 16.6. The minimum atomic E-state index is -0.258. The molecule has 0 aliphatic heterocycles. The van der Waals surface area contributed by atoms with E-state index in [9.17, 15) is 4.79 Å². The number of carbonyl (C=O) groups is 1. The Kier molecular flexibility index (Phi) is 7.81. The highest BCUT2D eigenvalue weighted by Gasteiger charge is 2.17. The number of hydrogen-bond donors (Lipinski definition) is 2. The third-order valence-electron chi connectivity index (χ3n) is 3.37. The lowest BCUT2D eigenvalue weighted by Crippen LogP contribution is -2.39. The van der Waals surface area contributed by atoms with Gasteiger partial charge in [0.1, 0.15) is 6.10 Å². The molecule has 0 spiro atoms. The van der Waals surface area contributed by atoms with Crippen LogP contribution in [0.25, 0.3) is 0 Å². The first-order valence-corrected chi connectivity index (χ1v) is 7.40. The lowest BCUT2D eigenvalue weighted by atomic mass is 9.96. The normalized spacial score (nSPS) is 18.3. The zero-order valence-corrected chi connectivity index (χ0v) is 11.8. The van der Waals surface area contributed by atoms with Crippen LogP contribution in [0.5, 0.6) is 0 Å². The third-order valence-corrected chi connectivity index (χ3v) is 3.37. The van der Waals surface area contributed by atoms with Crippen LogP contribution in [0.4, 0.5) is 4.79 Å². The summed E-state index contributed by atoms with van der Waals surface area (Å²) >= 11 is 0. The molecule has 0 aromatic rings. The summed E-state index contributed by atoms with van der Waals surface area (Å²) in [5.41, 5.74) is 0. The number of carbonyl (C=O) groups excluding carboxylic acids is 1. The number of ether oxygens (including phenoxy) is 1. The van der Waals surface area contributed by atoms with Crippen molar-refractivity contribution in [2.75, 3.05) is 13.1 Å². The van der Waals surface area contributed by atoms with Crippen LogP contribution in [0.2, 0.25) is 0 Å². The summed E-state index contributed by atoms with van der Waals surface area (Å²) in [6.07, 6.45) is 7.96. The molecule has 106 valence electrons. The fraction of sp³-hybridized carbons (Fsp3) is 0.929. The van der Waals surface area contributed by atoms with E-state index >= 15 is 0 Å². The number of hydrogen-bond acceptors (Lipinski definition) is 3. The van der Waals surface area contributed by atoms with E-state index in [2.05, 4.69) is 17.6 Å². The SMILES string of the molecule is CCCCNCC(C)OC(=O)NC1CCCCC1. The molecule has 1 aliphatic rings. The summed E-state index contributed by atoms with van der Waals surface area (Å²) in [6, 6.07) is 0.325. The van der Waals surface area contributed by atoms with Crippen molar-refractivity contribution >= 4 is 6.09 Å². The van der Waals surface area contributed by atoms with Gasteiger partial charge in [0.05, 0.1) is 0 Å². The number of alkyl carbamates (subject to hydrolysis) is 1. The van der Waals surface area contributed by atoms with Crippen LogP contribution in [-0.2, 0) is 4.74 Å². The summed E-state index contributed by atoms with van der Waals surface area (Å²) in [5.74, 6) is 0. The van der Waals surface area contributed by atoms with Gasteiger partial charge in [-0.25, -0.2) is 4.79 Å². The number of unbranched alkanes of at least 4 members (excludes halogenated alkanes) is 1. The topological polar surface area (TPSA) is 50.4 Å². The fourth-order valence-electron chi connectivity index (χ4n) is 2.28. The Balaban J connectivity index is 2.06. The molecule has 4 heteroatoms. The van der Waals surface area contributed by atoms with E-state index in [0.717, 1.165) is 25.9 Å². The Bertz CT molecular complexity index is 228. The molecule has 4 nitrogen and oxygen atoms in total. The van der Waals surface area contributed by atoms with Crippen LogP contribution in [0.1, 0.15) is 58.8 Å². The first kappa shape index (κ1) is 15.3. The van der Waals surface area contributed by atoms with E-state index < -0.39 is 0 Å². The predicted octanol–water partition coefficient (Wildman–Crippen LogP) is 2.82. The first-order valence-electron chi connectivity index (χ1n) is 7.40. The molecule has 0 aromatic heterocycles. The largest absolute Gasteiger partial charge is 0.445 e. The van der Waals surface area contributed by atoms with Crippen molar-refractivity contribution in [1.82, 2.24) is 10.6 Å². The van der Waals surface area contributed by atoms with E-state index in [0.29, 0.717) is 6.04 Å². The smallest absolute Gasteiger partial charge is 0.407 e. The van der Waals surface area contributed by atoms with Gasteiger partial charge in [0, 0.05) is 12.6 Å². The van der Waals surface area contributed by atoms with Crippen molar-refractivity contribution in [2.24, 2.45) is 0 Å². The van der Waals surface area contributed by atoms with Crippen LogP contribution in [0.15, 0.2) is 0 Å². The molecule has 1 saturated carbocycles. The van der Waals surface area contributed by atoms with Crippen molar-refractivity contribution in [1.29, 1.82) is 0 Å². The molecule has 2 N–H and O–H groups in total. The van der Waals surface area contributed by atoms with E-state index in [-0.39, 0.29) is 12.2 Å². The molecule has 0 saturated heterocycles. The molecule has 1 unspecified atom stereocenters. The Morgan fingerprint density at radius 1 is 1.33 bits per heavy atom. The lowest BCUT2D eigenvalue weighted by molar-refractivity contribution is 0.101. The second-order valence-corrected chi connectivity index (χ2v) is 5.25. The van der Waals surface area contributed by atoms with Gasteiger partial charge in [0.15, 0.2) is 0 Å². The zero-order chi connectivity index (χ0) is 13.2. The minimum absolute atomic E-state index is 0.0644. The molecular formula is C14H28N2O2. The molecule has 18 heavy (non-hydrogen) atoms. The number of nitrogens with one attached hydrogen (secondary N) is 2. The van der Waals surface area contributed by atoms with Gasteiger partial charge in [-0.1, -0.05) is 32.6 Å². The van der Waals surface area contributed by atoms with Gasteiger partial charge in [-0.15, -0.1) is 0 Å². The van der Waals surface area contributed by atoms with Crippen LogP contribution in [0.3, 0.4) is 0 Å². The maximum absolute atomic E-state index is 11.6. The Morgan fingerprint density at radius 2 is 2.06 bits per heavy atom. The maximum atomic E-state index is 11.6. The van der Waals surface area contributed by atoms with Gasteiger partial charge in [-0.2, -0.15) is 0 Å². The lowest BCUT2D eigenvalue weighted by Gasteiger charge is -2.23. The van der Waals surface area contributed by atoms with Crippen molar-refractivity contribution < 1.29 is 9.53 Å². The van der Waals surface area contributed by atoms with Gasteiger partial charge in [-0.05, 0) is 32.7 Å².